The number of hydrogen-bond donors (Lipinski definition) is 1. The highest BCUT2D eigenvalue weighted by Gasteiger charge is 2.29. The van der Waals surface area contributed by atoms with Gasteiger partial charge in [-0.15, -0.1) is 0 Å². The smallest absolute Gasteiger partial charge is 0.261 e. The summed E-state index contributed by atoms with van der Waals surface area (Å²) in [6.07, 6.45) is 0.316. The Kier molecular flexibility index (Phi) is 3.91. The molecule has 3 rings (SSSR count). The van der Waals surface area contributed by atoms with Crippen molar-refractivity contribution in [2.45, 2.75) is 31.9 Å². The molecule has 1 aliphatic rings. The van der Waals surface area contributed by atoms with Crippen molar-refractivity contribution in [1.82, 2.24) is 5.32 Å². The van der Waals surface area contributed by atoms with E-state index in [2.05, 4.69) is 18.3 Å². The number of rotatable bonds is 3. The molecular formula is C18H19NO2. The number of carbonyl (C=O) groups excluding carboxylic acids is 1. The first-order valence-corrected chi connectivity index (χ1v) is 7.31. The first-order chi connectivity index (χ1) is 10.2. The predicted molar refractivity (Wildman–Crippen MR) is 82.2 cm³/mol. The van der Waals surface area contributed by atoms with Gasteiger partial charge in [-0.3, -0.25) is 4.79 Å². The standard InChI is InChI=1S/C18H19NO2/c1-13-11-17(21-16-10-6-5-9-15(13)16)18(20)19-12-14-7-3-2-4-8-14/h2-10,13,17H,11-12H2,1H3,(H,19,20). The Hall–Kier alpha value is -2.29. The quantitative estimate of drug-likeness (QED) is 0.937. The third-order valence-electron chi connectivity index (χ3n) is 3.89. The van der Waals surface area contributed by atoms with Crippen LogP contribution in [0.15, 0.2) is 54.6 Å². The van der Waals surface area contributed by atoms with E-state index < -0.39 is 6.10 Å². The zero-order chi connectivity index (χ0) is 14.7. The van der Waals surface area contributed by atoms with E-state index in [4.69, 9.17) is 4.74 Å². The van der Waals surface area contributed by atoms with Crippen molar-refractivity contribution in [3.8, 4) is 5.75 Å². The molecule has 1 N–H and O–H groups in total. The molecule has 1 heterocycles. The highest BCUT2D eigenvalue weighted by Crippen LogP contribution is 2.35. The lowest BCUT2D eigenvalue weighted by Crippen LogP contribution is -2.40. The van der Waals surface area contributed by atoms with Crippen LogP contribution in [0, 0.1) is 0 Å². The number of ether oxygens (including phenoxy) is 1. The lowest BCUT2D eigenvalue weighted by molar-refractivity contribution is -0.129. The van der Waals surface area contributed by atoms with Crippen LogP contribution in [-0.2, 0) is 11.3 Å². The molecule has 0 aliphatic carbocycles. The summed E-state index contributed by atoms with van der Waals surface area (Å²) in [4.78, 5) is 12.3. The maximum absolute atomic E-state index is 12.3. The SMILES string of the molecule is CC1CC(C(=O)NCc2ccccc2)Oc2ccccc21. The van der Waals surface area contributed by atoms with E-state index in [-0.39, 0.29) is 5.91 Å². The summed E-state index contributed by atoms with van der Waals surface area (Å²) in [7, 11) is 0. The molecule has 0 bridgehead atoms. The number of fused-ring (bicyclic) bond motifs is 1. The number of amides is 1. The van der Waals surface area contributed by atoms with Crippen LogP contribution in [0.2, 0.25) is 0 Å². The van der Waals surface area contributed by atoms with Crippen molar-refractivity contribution in [3.05, 3.63) is 65.7 Å². The second-order valence-corrected chi connectivity index (χ2v) is 5.48. The molecule has 0 radical (unpaired) electrons. The van der Waals surface area contributed by atoms with Gasteiger partial charge in [0.15, 0.2) is 6.10 Å². The first-order valence-electron chi connectivity index (χ1n) is 7.31. The van der Waals surface area contributed by atoms with Gasteiger partial charge in [0.2, 0.25) is 0 Å². The van der Waals surface area contributed by atoms with E-state index in [1.54, 1.807) is 0 Å². The maximum Gasteiger partial charge on any atom is 0.261 e. The molecule has 2 unspecified atom stereocenters. The normalized spacial score (nSPS) is 20.2. The Labute approximate surface area is 124 Å². The predicted octanol–water partition coefficient (Wildman–Crippen LogP) is 3.26. The fourth-order valence-corrected chi connectivity index (χ4v) is 2.70. The Bertz CT molecular complexity index is 624. The van der Waals surface area contributed by atoms with Crippen LogP contribution in [-0.4, -0.2) is 12.0 Å². The molecule has 1 amide bonds. The average molecular weight is 281 g/mol. The van der Waals surface area contributed by atoms with Crippen LogP contribution in [0.25, 0.3) is 0 Å². The van der Waals surface area contributed by atoms with E-state index in [1.807, 2.05) is 48.5 Å². The molecule has 1 aliphatic heterocycles. The molecule has 0 fully saturated rings. The fourth-order valence-electron chi connectivity index (χ4n) is 2.70. The highest BCUT2D eigenvalue weighted by molar-refractivity contribution is 5.81. The second kappa shape index (κ2) is 6.00. The van der Waals surface area contributed by atoms with Crippen LogP contribution in [0.4, 0.5) is 0 Å². The molecule has 3 nitrogen and oxygen atoms in total. The van der Waals surface area contributed by atoms with Crippen molar-refractivity contribution in [3.63, 3.8) is 0 Å². The molecule has 0 aromatic heterocycles. The Morgan fingerprint density at radius 2 is 1.86 bits per heavy atom. The van der Waals surface area contributed by atoms with Gasteiger partial charge in [-0.05, 0) is 23.1 Å². The average Bonchev–Trinajstić information content (AvgIpc) is 2.53. The minimum absolute atomic E-state index is 0.0415. The third-order valence-corrected chi connectivity index (χ3v) is 3.89. The molecule has 0 saturated heterocycles. The van der Waals surface area contributed by atoms with Gasteiger partial charge in [-0.25, -0.2) is 0 Å². The minimum Gasteiger partial charge on any atom is -0.480 e. The van der Waals surface area contributed by atoms with Crippen molar-refractivity contribution in [1.29, 1.82) is 0 Å². The lowest BCUT2D eigenvalue weighted by Gasteiger charge is -2.29. The summed E-state index contributed by atoms with van der Waals surface area (Å²) >= 11 is 0. The summed E-state index contributed by atoms with van der Waals surface area (Å²) in [6, 6.07) is 17.9. The van der Waals surface area contributed by atoms with Crippen LogP contribution < -0.4 is 10.1 Å². The number of benzene rings is 2. The Morgan fingerprint density at radius 1 is 1.14 bits per heavy atom. The molecule has 2 aromatic rings. The van der Waals surface area contributed by atoms with E-state index >= 15 is 0 Å². The minimum atomic E-state index is -0.404. The van der Waals surface area contributed by atoms with Crippen molar-refractivity contribution < 1.29 is 9.53 Å². The van der Waals surface area contributed by atoms with Gasteiger partial charge in [0.05, 0.1) is 0 Å². The topological polar surface area (TPSA) is 38.3 Å². The van der Waals surface area contributed by atoms with Gasteiger partial charge in [-0.1, -0.05) is 55.5 Å². The highest BCUT2D eigenvalue weighted by atomic mass is 16.5. The molecule has 0 saturated carbocycles. The zero-order valence-electron chi connectivity index (χ0n) is 12.1. The van der Waals surface area contributed by atoms with Gasteiger partial charge in [-0.2, -0.15) is 0 Å². The summed E-state index contributed by atoms with van der Waals surface area (Å²) < 4.78 is 5.84. The van der Waals surface area contributed by atoms with Crippen LogP contribution in [0.1, 0.15) is 30.4 Å². The van der Waals surface area contributed by atoms with Crippen molar-refractivity contribution in [2.75, 3.05) is 0 Å². The summed E-state index contributed by atoms with van der Waals surface area (Å²) in [6.45, 7) is 2.67. The van der Waals surface area contributed by atoms with E-state index in [0.717, 1.165) is 17.7 Å². The van der Waals surface area contributed by atoms with Crippen LogP contribution in [0.3, 0.4) is 0 Å². The largest absolute Gasteiger partial charge is 0.480 e. The number of para-hydroxylation sites is 1. The van der Waals surface area contributed by atoms with Crippen molar-refractivity contribution in [2.24, 2.45) is 0 Å². The number of nitrogens with one attached hydrogen (secondary N) is 1. The molecule has 108 valence electrons. The summed E-state index contributed by atoms with van der Waals surface area (Å²) in [5, 5.41) is 2.96. The fraction of sp³-hybridized carbons (Fsp3) is 0.278. The first kappa shape index (κ1) is 13.7. The van der Waals surface area contributed by atoms with E-state index in [9.17, 15) is 4.79 Å². The van der Waals surface area contributed by atoms with Gasteiger partial charge in [0, 0.05) is 13.0 Å². The van der Waals surface area contributed by atoms with Gasteiger partial charge in [0.25, 0.3) is 5.91 Å². The van der Waals surface area contributed by atoms with E-state index in [1.165, 1.54) is 5.56 Å². The van der Waals surface area contributed by atoms with Gasteiger partial charge >= 0.3 is 0 Å². The molecule has 0 spiro atoms. The van der Waals surface area contributed by atoms with Crippen LogP contribution in [0.5, 0.6) is 5.75 Å². The Morgan fingerprint density at radius 3 is 2.67 bits per heavy atom. The van der Waals surface area contributed by atoms with Crippen molar-refractivity contribution >= 4 is 5.91 Å². The molecular weight excluding hydrogens is 262 g/mol. The number of hydrogen-bond acceptors (Lipinski definition) is 2. The van der Waals surface area contributed by atoms with Gasteiger partial charge < -0.3 is 10.1 Å². The Balaban J connectivity index is 1.64. The zero-order valence-corrected chi connectivity index (χ0v) is 12.1. The molecule has 2 atom stereocenters. The lowest BCUT2D eigenvalue weighted by atomic mass is 9.91. The maximum atomic E-state index is 12.3. The summed E-state index contributed by atoms with van der Waals surface area (Å²) in [5.74, 6) is 1.12. The molecule has 21 heavy (non-hydrogen) atoms. The second-order valence-electron chi connectivity index (χ2n) is 5.48. The van der Waals surface area contributed by atoms with E-state index in [0.29, 0.717) is 12.5 Å². The number of carbonyl (C=O) groups is 1. The monoisotopic (exact) mass is 281 g/mol. The molecule has 2 aromatic carbocycles. The molecule has 3 heteroatoms. The third kappa shape index (κ3) is 3.07. The summed E-state index contributed by atoms with van der Waals surface area (Å²) in [5.41, 5.74) is 2.28. The van der Waals surface area contributed by atoms with Gasteiger partial charge in [0.1, 0.15) is 5.75 Å². The van der Waals surface area contributed by atoms with Crippen LogP contribution >= 0.6 is 0 Å².